The van der Waals surface area contributed by atoms with Gasteiger partial charge in [0.05, 0.1) is 0 Å². The fraction of sp³-hybridized carbons (Fsp3) is 0.500. The van der Waals surface area contributed by atoms with Gasteiger partial charge < -0.3 is 10.6 Å². The predicted octanol–water partition coefficient (Wildman–Crippen LogP) is 3.29. The van der Waals surface area contributed by atoms with Crippen LogP contribution >= 0.6 is 15.9 Å². The fourth-order valence-electron chi connectivity index (χ4n) is 2.46. The number of halogens is 1. The first kappa shape index (κ1) is 13.4. The van der Waals surface area contributed by atoms with Crippen LogP contribution in [0.2, 0.25) is 0 Å². The second-order valence-corrected chi connectivity index (χ2v) is 6.59. The first-order chi connectivity index (χ1) is 8.39. The molecule has 0 aliphatic carbocycles. The largest absolute Gasteiger partial charge is 0.398 e. The maximum absolute atomic E-state index is 12.4. The van der Waals surface area contributed by atoms with Gasteiger partial charge >= 0.3 is 0 Å². The minimum absolute atomic E-state index is 0.0852. The van der Waals surface area contributed by atoms with E-state index in [1.165, 1.54) is 6.42 Å². The first-order valence-corrected chi connectivity index (χ1v) is 7.03. The van der Waals surface area contributed by atoms with Gasteiger partial charge in [-0.15, -0.1) is 0 Å². The molecule has 3 nitrogen and oxygen atoms in total. The van der Waals surface area contributed by atoms with Crippen molar-refractivity contribution in [3.63, 3.8) is 0 Å². The van der Waals surface area contributed by atoms with Crippen LogP contribution in [0.4, 0.5) is 5.69 Å². The van der Waals surface area contributed by atoms with E-state index in [0.717, 1.165) is 24.0 Å². The van der Waals surface area contributed by atoms with E-state index in [4.69, 9.17) is 5.73 Å². The summed E-state index contributed by atoms with van der Waals surface area (Å²) in [7, 11) is 0. The standard InChI is InChI=1S/C14H19BrN2O/c1-14(2)6-3-7-17(9-14)13(18)10-4-5-11(15)12(16)8-10/h4-5,8H,3,6-7,9,16H2,1-2H3. The third kappa shape index (κ3) is 2.86. The van der Waals surface area contributed by atoms with Gasteiger partial charge in [-0.05, 0) is 52.4 Å². The Morgan fingerprint density at radius 2 is 2.17 bits per heavy atom. The van der Waals surface area contributed by atoms with E-state index in [1.807, 2.05) is 17.0 Å². The lowest BCUT2D eigenvalue weighted by molar-refractivity contribution is 0.0583. The van der Waals surface area contributed by atoms with Gasteiger partial charge in [0.25, 0.3) is 5.91 Å². The maximum atomic E-state index is 12.4. The van der Waals surface area contributed by atoms with Crippen LogP contribution in [-0.2, 0) is 0 Å². The predicted molar refractivity (Wildman–Crippen MR) is 77.5 cm³/mol. The van der Waals surface area contributed by atoms with Crippen LogP contribution < -0.4 is 5.73 Å². The third-order valence-electron chi connectivity index (χ3n) is 3.43. The number of nitrogens with two attached hydrogens (primary N) is 1. The molecule has 0 unspecified atom stereocenters. The number of nitrogens with zero attached hydrogens (tertiary/aromatic N) is 1. The Hall–Kier alpha value is -1.03. The summed E-state index contributed by atoms with van der Waals surface area (Å²) in [6.07, 6.45) is 2.25. The summed E-state index contributed by atoms with van der Waals surface area (Å²) in [6.45, 7) is 6.09. The molecule has 98 valence electrons. The van der Waals surface area contributed by atoms with Gasteiger partial charge in [0.15, 0.2) is 0 Å². The van der Waals surface area contributed by atoms with Crippen LogP contribution in [0.5, 0.6) is 0 Å². The van der Waals surface area contributed by atoms with Crippen molar-refractivity contribution in [1.82, 2.24) is 4.90 Å². The zero-order valence-corrected chi connectivity index (χ0v) is 12.5. The van der Waals surface area contributed by atoms with Gasteiger partial charge in [-0.1, -0.05) is 13.8 Å². The fourth-order valence-corrected chi connectivity index (χ4v) is 2.70. The van der Waals surface area contributed by atoms with Crippen LogP contribution in [0.25, 0.3) is 0 Å². The average Bonchev–Trinajstić information content (AvgIpc) is 2.30. The Morgan fingerprint density at radius 3 is 2.78 bits per heavy atom. The lowest BCUT2D eigenvalue weighted by atomic mass is 9.84. The van der Waals surface area contributed by atoms with Crippen LogP contribution in [0.15, 0.2) is 22.7 Å². The first-order valence-electron chi connectivity index (χ1n) is 6.23. The van der Waals surface area contributed by atoms with E-state index in [1.54, 1.807) is 6.07 Å². The van der Waals surface area contributed by atoms with Gasteiger partial charge in [-0.25, -0.2) is 0 Å². The molecular weight excluding hydrogens is 292 g/mol. The van der Waals surface area contributed by atoms with Crippen molar-refractivity contribution in [2.75, 3.05) is 18.8 Å². The number of nitrogen functional groups attached to an aromatic ring is 1. The number of anilines is 1. The van der Waals surface area contributed by atoms with Crippen LogP contribution in [0, 0.1) is 5.41 Å². The highest BCUT2D eigenvalue weighted by Crippen LogP contribution is 2.29. The van der Waals surface area contributed by atoms with E-state index in [2.05, 4.69) is 29.8 Å². The molecule has 0 bridgehead atoms. The monoisotopic (exact) mass is 310 g/mol. The molecule has 4 heteroatoms. The summed E-state index contributed by atoms with van der Waals surface area (Å²) in [4.78, 5) is 14.3. The highest BCUT2D eigenvalue weighted by Gasteiger charge is 2.29. The molecule has 0 radical (unpaired) electrons. The van der Waals surface area contributed by atoms with Gasteiger partial charge in [0.2, 0.25) is 0 Å². The molecule has 0 saturated carbocycles. The van der Waals surface area contributed by atoms with Crippen molar-refractivity contribution in [2.45, 2.75) is 26.7 Å². The molecule has 1 aliphatic rings. The average molecular weight is 311 g/mol. The Kier molecular flexibility index (Phi) is 3.66. The smallest absolute Gasteiger partial charge is 0.253 e. The quantitative estimate of drug-likeness (QED) is 0.809. The molecule has 0 atom stereocenters. The molecule has 1 aliphatic heterocycles. The number of hydrogen-bond acceptors (Lipinski definition) is 2. The van der Waals surface area contributed by atoms with Crippen LogP contribution in [0.3, 0.4) is 0 Å². The van der Waals surface area contributed by atoms with Crippen molar-refractivity contribution in [3.05, 3.63) is 28.2 Å². The minimum atomic E-state index is 0.0852. The van der Waals surface area contributed by atoms with Crippen molar-refractivity contribution < 1.29 is 4.79 Å². The van der Waals surface area contributed by atoms with E-state index >= 15 is 0 Å². The molecule has 0 aromatic heterocycles. The third-order valence-corrected chi connectivity index (χ3v) is 4.15. The Bertz CT molecular complexity index is 471. The van der Waals surface area contributed by atoms with E-state index < -0.39 is 0 Å². The number of rotatable bonds is 1. The van der Waals surface area contributed by atoms with Crippen molar-refractivity contribution in [2.24, 2.45) is 5.41 Å². The van der Waals surface area contributed by atoms with Gasteiger partial charge in [-0.3, -0.25) is 4.79 Å². The normalized spacial score (nSPS) is 18.7. The zero-order chi connectivity index (χ0) is 13.3. The van der Waals surface area contributed by atoms with Crippen LogP contribution in [0.1, 0.15) is 37.0 Å². The molecule has 1 aromatic carbocycles. The summed E-state index contributed by atoms with van der Waals surface area (Å²) < 4.78 is 0.832. The summed E-state index contributed by atoms with van der Waals surface area (Å²) in [5, 5.41) is 0. The number of benzene rings is 1. The molecule has 1 heterocycles. The number of hydrogen-bond donors (Lipinski definition) is 1. The topological polar surface area (TPSA) is 46.3 Å². The molecule has 0 spiro atoms. The minimum Gasteiger partial charge on any atom is -0.398 e. The Morgan fingerprint density at radius 1 is 1.44 bits per heavy atom. The summed E-state index contributed by atoms with van der Waals surface area (Å²) in [5.41, 5.74) is 7.32. The number of likely N-dealkylation sites (tertiary alicyclic amines) is 1. The van der Waals surface area contributed by atoms with E-state index in [0.29, 0.717) is 11.3 Å². The highest BCUT2D eigenvalue weighted by molar-refractivity contribution is 9.10. The number of amides is 1. The van der Waals surface area contributed by atoms with E-state index in [9.17, 15) is 4.79 Å². The van der Waals surface area contributed by atoms with Crippen molar-refractivity contribution in [1.29, 1.82) is 0 Å². The zero-order valence-electron chi connectivity index (χ0n) is 10.9. The molecule has 1 amide bonds. The second kappa shape index (κ2) is 4.92. The van der Waals surface area contributed by atoms with Gasteiger partial charge in [-0.2, -0.15) is 0 Å². The van der Waals surface area contributed by atoms with Crippen LogP contribution in [-0.4, -0.2) is 23.9 Å². The van der Waals surface area contributed by atoms with Crippen molar-refractivity contribution in [3.8, 4) is 0 Å². The highest BCUT2D eigenvalue weighted by atomic mass is 79.9. The lowest BCUT2D eigenvalue weighted by Gasteiger charge is -2.38. The molecule has 1 fully saturated rings. The molecular formula is C14H19BrN2O. The number of carbonyl (C=O) groups is 1. The lowest BCUT2D eigenvalue weighted by Crippen LogP contribution is -2.43. The van der Waals surface area contributed by atoms with Gasteiger partial charge in [0.1, 0.15) is 0 Å². The Labute approximate surface area is 116 Å². The summed E-state index contributed by atoms with van der Waals surface area (Å²) >= 11 is 3.34. The van der Waals surface area contributed by atoms with Gasteiger partial charge in [0, 0.05) is 28.8 Å². The number of carbonyl (C=O) groups excluding carboxylic acids is 1. The maximum Gasteiger partial charge on any atom is 0.253 e. The molecule has 1 saturated heterocycles. The second-order valence-electron chi connectivity index (χ2n) is 5.73. The van der Waals surface area contributed by atoms with Crippen molar-refractivity contribution >= 4 is 27.5 Å². The number of piperidine rings is 1. The SMILES string of the molecule is CC1(C)CCCN(C(=O)c2ccc(Br)c(N)c2)C1. The molecule has 2 N–H and O–H groups in total. The van der Waals surface area contributed by atoms with E-state index in [-0.39, 0.29) is 11.3 Å². The summed E-state index contributed by atoms with van der Waals surface area (Å²) in [6, 6.07) is 5.40. The molecule has 18 heavy (non-hydrogen) atoms. The molecule has 2 rings (SSSR count). The Balaban J connectivity index is 2.18. The summed E-state index contributed by atoms with van der Waals surface area (Å²) in [5.74, 6) is 0.0852. The molecule has 1 aromatic rings.